The Morgan fingerprint density at radius 3 is 2.59 bits per heavy atom. The highest BCUT2D eigenvalue weighted by atomic mass is 16.5. The molecule has 0 saturated heterocycles. The Morgan fingerprint density at radius 1 is 1.14 bits per heavy atom. The molecule has 0 aliphatic rings. The highest BCUT2D eigenvalue weighted by Gasteiger charge is 2.14. The number of nitriles is 1. The number of aryl methyl sites for hydroxylation is 1. The quantitative estimate of drug-likeness (QED) is 0.477. The first-order chi connectivity index (χ1) is 14.0. The second-order valence-corrected chi connectivity index (χ2v) is 6.58. The lowest BCUT2D eigenvalue weighted by atomic mass is 10.1. The zero-order valence-corrected chi connectivity index (χ0v) is 16.8. The Kier molecular flexibility index (Phi) is 6.16. The zero-order valence-electron chi connectivity index (χ0n) is 16.8. The number of benzene rings is 2. The minimum absolute atomic E-state index is 0.0418. The van der Waals surface area contributed by atoms with Gasteiger partial charge in [0.15, 0.2) is 0 Å². The van der Waals surface area contributed by atoms with Gasteiger partial charge in [0.2, 0.25) is 0 Å². The molecule has 3 rings (SSSR count). The van der Waals surface area contributed by atoms with Gasteiger partial charge in [0.25, 0.3) is 5.91 Å². The topological polar surface area (TPSA) is 67.0 Å². The van der Waals surface area contributed by atoms with Crippen molar-refractivity contribution in [3.05, 3.63) is 83.2 Å². The molecule has 0 fully saturated rings. The van der Waals surface area contributed by atoms with Crippen molar-refractivity contribution in [2.45, 2.75) is 20.8 Å². The van der Waals surface area contributed by atoms with Crippen LogP contribution in [0.2, 0.25) is 0 Å². The molecule has 2 aromatic carbocycles. The Labute approximate surface area is 170 Å². The number of nitrogens with zero attached hydrogens (tertiary/aromatic N) is 2. The molecule has 29 heavy (non-hydrogen) atoms. The molecule has 1 aromatic heterocycles. The fraction of sp³-hybridized carbons (Fsp3) is 0.167. The average molecular weight is 385 g/mol. The summed E-state index contributed by atoms with van der Waals surface area (Å²) in [5.74, 6) is 0.213. The van der Waals surface area contributed by atoms with Gasteiger partial charge in [-0.2, -0.15) is 5.26 Å². The van der Waals surface area contributed by atoms with Gasteiger partial charge in [-0.3, -0.25) is 4.79 Å². The molecule has 0 saturated carbocycles. The van der Waals surface area contributed by atoms with Crippen molar-refractivity contribution in [2.75, 3.05) is 11.9 Å². The van der Waals surface area contributed by atoms with E-state index >= 15 is 0 Å². The maximum Gasteiger partial charge on any atom is 0.266 e. The van der Waals surface area contributed by atoms with Crippen molar-refractivity contribution in [3.8, 4) is 17.5 Å². The van der Waals surface area contributed by atoms with Crippen LogP contribution in [0, 0.1) is 25.2 Å². The summed E-state index contributed by atoms with van der Waals surface area (Å²) >= 11 is 0. The van der Waals surface area contributed by atoms with E-state index in [0.29, 0.717) is 18.0 Å². The summed E-state index contributed by atoms with van der Waals surface area (Å²) < 4.78 is 7.55. The number of amides is 1. The highest BCUT2D eigenvalue weighted by Crippen LogP contribution is 2.23. The predicted molar refractivity (Wildman–Crippen MR) is 115 cm³/mol. The largest absolute Gasteiger partial charge is 0.494 e. The first kappa shape index (κ1) is 20.0. The molecule has 5 nitrogen and oxygen atoms in total. The lowest BCUT2D eigenvalue weighted by molar-refractivity contribution is -0.112. The first-order valence-electron chi connectivity index (χ1n) is 9.44. The van der Waals surface area contributed by atoms with Crippen molar-refractivity contribution < 1.29 is 9.53 Å². The maximum atomic E-state index is 12.6. The number of para-hydroxylation sites is 1. The number of hydrogen-bond acceptors (Lipinski definition) is 3. The van der Waals surface area contributed by atoms with Crippen molar-refractivity contribution >= 4 is 17.7 Å². The van der Waals surface area contributed by atoms with Crippen LogP contribution in [0.4, 0.5) is 5.69 Å². The summed E-state index contributed by atoms with van der Waals surface area (Å²) in [5.41, 5.74) is 4.49. The third-order valence-electron chi connectivity index (χ3n) is 4.55. The van der Waals surface area contributed by atoms with Gasteiger partial charge in [0.1, 0.15) is 17.4 Å². The molecule has 5 heteroatoms. The van der Waals surface area contributed by atoms with Gasteiger partial charge in [-0.25, -0.2) is 0 Å². The number of anilines is 1. The number of carbonyl (C=O) groups is 1. The van der Waals surface area contributed by atoms with Crippen LogP contribution in [0.1, 0.15) is 23.9 Å². The van der Waals surface area contributed by atoms with Crippen LogP contribution in [0.25, 0.3) is 11.8 Å². The van der Waals surface area contributed by atoms with E-state index in [-0.39, 0.29) is 5.57 Å². The Bertz CT molecular complexity index is 1090. The number of nitrogens with one attached hydrogen (secondary N) is 1. The standard InChI is InChI=1S/C24H23N3O2/c1-4-29-23-12-8-9-21(15-23)26-24(28)20(16-25)14-19-13-17(2)27(18(19)3)22-10-6-5-7-11-22/h5-15H,4H2,1-3H3,(H,26,28). The minimum Gasteiger partial charge on any atom is -0.494 e. The fourth-order valence-corrected chi connectivity index (χ4v) is 3.24. The Morgan fingerprint density at radius 2 is 1.90 bits per heavy atom. The average Bonchev–Trinajstić information content (AvgIpc) is 3.00. The van der Waals surface area contributed by atoms with Crippen molar-refractivity contribution in [2.24, 2.45) is 0 Å². The summed E-state index contributed by atoms with van der Waals surface area (Å²) in [4.78, 5) is 12.6. The van der Waals surface area contributed by atoms with Gasteiger partial charge >= 0.3 is 0 Å². The maximum absolute atomic E-state index is 12.6. The second kappa shape index (κ2) is 8.94. The predicted octanol–water partition coefficient (Wildman–Crippen LogP) is 5.04. The monoisotopic (exact) mass is 385 g/mol. The van der Waals surface area contributed by atoms with Gasteiger partial charge in [0.05, 0.1) is 6.61 Å². The van der Waals surface area contributed by atoms with Crippen LogP contribution in [0.5, 0.6) is 5.75 Å². The van der Waals surface area contributed by atoms with E-state index < -0.39 is 5.91 Å². The van der Waals surface area contributed by atoms with Crippen LogP contribution in [-0.4, -0.2) is 17.1 Å². The summed E-state index contributed by atoms with van der Waals surface area (Å²) in [6.07, 6.45) is 1.63. The molecule has 1 heterocycles. The van der Waals surface area contributed by atoms with Crippen LogP contribution in [0.15, 0.2) is 66.2 Å². The summed E-state index contributed by atoms with van der Waals surface area (Å²) in [6.45, 7) is 6.42. The van der Waals surface area contributed by atoms with Gasteiger partial charge in [-0.15, -0.1) is 0 Å². The molecule has 1 N–H and O–H groups in total. The summed E-state index contributed by atoms with van der Waals surface area (Å²) in [6, 6.07) is 21.1. The van der Waals surface area contributed by atoms with E-state index in [0.717, 1.165) is 22.6 Å². The molecular weight excluding hydrogens is 362 g/mol. The molecule has 0 aliphatic heterocycles. The molecule has 146 valence electrons. The van der Waals surface area contributed by atoms with Gasteiger partial charge in [-0.1, -0.05) is 24.3 Å². The van der Waals surface area contributed by atoms with Crippen LogP contribution < -0.4 is 10.1 Å². The van der Waals surface area contributed by atoms with Crippen molar-refractivity contribution in [3.63, 3.8) is 0 Å². The molecular formula is C24H23N3O2. The van der Waals surface area contributed by atoms with E-state index in [1.54, 1.807) is 24.3 Å². The van der Waals surface area contributed by atoms with Crippen LogP contribution >= 0.6 is 0 Å². The normalized spacial score (nSPS) is 11.0. The minimum atomic E-state index is -0.453. The number of ether oxygens (including phenoxy) is 1. The number of carbonyl (C=O) groups excluding carboxylic acids is 1. The van der Waals surface area contributed by atoms with Gasteiger partial charge in [-0.05, 0) is 62.7 Å². The lowest BCUT2D eigenvalue weighted by Crippen LogP contribution is -2.13. The lowest BCUT2D eigenvalue weighted by Gasteiger charge is -2.09. The molecule has 0 aliphatic carbocycles. The van der Waals surface area contributed by atoms with E-state index in [1.165, 1.54) is 0 Å². The molecule has 0 spiro atoms. The smallest absolute Gasteiger partial charge is 0.266 e. The first-order valence-corrected chi connectivity index (χ1v) is 9.44. The van der Waals surface area contributed by atoms with Crippen LogP contribution in [0.3, 0.4) is 0 Å². The van der Waals surface area contributed by atoms with Gasteiger partial charge in [0, 0.05) is 28.8 Å². The molecule has 0 radical (unpaired) electrons. The zero-order chi connectivity index (χ0) is 20.8. The van der Waals surface area contributed by atoms with Crippen LogP contribution in [-0.2, 0) is 4.79 Å². The molecule has 1 amide bonds. The number of hydrogen-bond donors (Lipinski definition) is 1. The Hall–Kier alpha value is -3.78. The van der Waals surface area contributed by atoms with Gasteiger partial charge < -0.3 is 14.6 Å². The number of aromatic nitrogens is 1. The Balaban J connectivity index is 1.88. The molecule has 0 unspecified atom stereocenters. The fourth-order valence-electron chi connectivity index (χ4n) is 3.24. The van der Waals surface area contributed by atoms with E-state index in [1.807, 2.05) is 69.3 Å². The summed E-state index contributed by atoms with van der Waals surface area (Å²) in [7, 11) is 0. The molecule has 0 bridgehead atoms. The van der Waals surface area contributed by atoms with E-state index in [4.69, 9.17) is 4.74 Å². The second-order valence-electron chi connectivity index (χ2n) is 6.58. The van der Waals surface area contributed by atoms with Crippen molar-refractivity contribution in [1.29, 1.82) is 5.26 Å². The highest BCUT2D eigenvalue weighted by molar-refractivity contribution is 6.09. The van der Waals surface area contributed by atoms with Crippen molar-refractivity contribution in [1.82, 2.24) is 4.57 Å². The molecule has 3 aromatic rings. The van der Waals surface area contributed by atoms with E-state index in [2.05, 4.69) is 9.88 Å². The molecule has 0 atom stereocenters. The SMILES string of the molecule is CCOc1cccc(NC(=O)C(C#N)=Cc2cc(C)n(-c3ccccc3)c2C)c1. The summed E-state index contributed by atoms with van der Waals surface area (Å²) in [5, 5.41) is 12.3. The third-order valence-corrected chi connectivity index (χ3v) is 4.55. The third kappa shape index (κ3) is 4.56. The number of rotatable bonds is 6. The van der Waals surface area contributed by atoms with E-state index in [9.17, 15) is 10.1 Å².